The van der Waals surface area contributed by atoms with Crippen LogP contribution in [0.1, 0.15) is 12.8 Å². The molecule has 0 radical (unpaired) electrons. The Kier molecular flexibility index (Phi) is 5.45. The van der Waals surface area contributed by atoms with E-state index in [0.717, 1.165) is 5.39 Å². The Morgan fingerprint density at radius 3 is 2.63 bits per heavy atom. The van der Waals surface area contributed by atoms with Gasteiger partial charge in [-0.15, -0.1) is 0 Å². The Labute approximate surface area is 155 Å². The van der Waals surface area contributed by atoms with E-state index < -0.39 is 28.8 Å². The molecule has 0 aliphatic carbocycles. The molecule has 8 nitrogen and oxygen atoms in total. The molecule has 2 N–H and O–H groups in total. The number of para-hydroxylation sites is 1. The average molecular weight is 402 g/mol. The highest BCUT2D eigenvalue weighted by Crippen LogP contribution is 2.36. The number of nitrogens with two attached hydrogens (primary N) is 1. The number of anilines is 1. The van der Waals surface area contributed by atoms with Crippen LogP contribution in [0.15, 0.2) is 24.5 Å². The van der Waals surface area contributed by atoms with E-state index in [1.165, 1.54) is 6.33 Å². The van der Waals surface area contributed by atoms with E-state index >= 15 is 0 Å². The van der Waals surface area contributed by atoms with Crippen LogP contribution in [0.5, 0.6) is 5.75 Å². The zero-order valence-electron chi connectivity index (χ0n) is 14.6. The van der Waals surface area contributed by atoms with E-state index in [1.807, 2.05) is 17.0 Å². The number of hydrogen-bond acceptors (Lipinski definition) is 7. The molecule has 1 aromatic heterocycles. The molecule has 1 aliphatic rings. The van der Waals surface area contributed by atoms with E-state index in [-0.39, 0.29) is 12.8 Å². The van der Waals surface area contributed by atoms with Crippen LogP contribution in [0.3, 0.4) is 0 Å². The zero-order chi connectivity index (χ0) is 19.7. The van der Waals surface area contributed by atoms with Gasteiger partial charge in [0.2, 0.25) is 0 Å². The van der Waals surface area contributed by atoms with Gasteiger partial charge < -0.3 is 9.64 Å². The molecular weight excluding hydrogens is 382 g/mol. The molecule has 0 spiro atoms. The maximum atomic E-state index is 14.2. The first kappa shape index (κ1) is 19.6. The van der Waals surface area contributed by atoms with Gasteiger partial charge in [0.15, 0.2) is 0 Å². The average Bonchev–Trinajstić information content (AvgIpc) is 2.65. The molecule has 2 aromatic rings. The highest BCUT2D eigenvalue weighted by atomic mass is 32.2. The summed E-state index contributed by atoms with van der Waals surface area (Å²) >= 11 is 0. The number of fused-ring (bicyclic) bond motifs is 1. The summed E-state index contributed by atoms with van der Waals surface area (Å²) in [6.45, 7) is -0.554. The largest absolute Gasteiger partial charge is 0.494 e. The van der Waals surface area contributed by atoms with E-state index in [4.69, 9.17) is 4.74 Å². The Bertz CT molecular complexity index is 918. The summed E-state index contributed by atoms with van der Waals surface area (Å²) in [5, 5.41) is 5.41. The minimum Gasteiger partial charge on any atom is -0.494 e. The number of benzene rings is 1. The number of aromatic nitrogens is 2. The highest BCUT2D eigenvalue weighted by molar-refractivity contribution is 7.84. The van der Waals surface area contributed by atoms with Crippen molar-refractivity contribution < 1.29 is 26.1 Å². The summed E-state index contributed by atoms with van der Waals surface area (Å²) in [5.41, 5.74) is 0.652. The summed E-state index contributed by atoms with van der Waals surface area (Å²) < 4.78 is 59.4. The van der Waals surface area contributed by atoms with E-state index in [0.29, 0.717) is 30.2 Å². The van der Waals surface area contributed by atoms with Gasteiger partial charge in [0.1, 0.15) is 30.0 Å². The van der Waals surface area contributed by atoms with Gasteiger partial charge in [-0.25, -0.2) is 23.9 Å². The second kappa shape index (κ2) is 7.49. The lowest BCUT2D eigenvalue weighted by molar-refractivity contribution is -0.0954. The number of methoxy groups -OCH3 is 1. The lowest BCUT2D eigenvalue weighted by atomic mass is 9.90. The summed E-state index contributed by atoms with van der Waals surface area (Å²) in [7, 11) is -2.85. The van der Waals surface area contributed by atoms with Crippen LogP contribution in [0.2, 0.25) is 0 Å². The van der Waals surface area contributed by atoms with Gasteiger partial charge in [0, 0.05) is 24.4 Å². The molecule has 0 atom stereocenters. The molecule has 0 unspecified atom stereocenters. The van der Waals surface area contributed by atoms with Gasteiger partial charge in [0.25, 0.3) is 5.92 Å². The molecule has 1 fully saturated rings. The van der Waals surface area contributed by atoms with Crippen LogP contribution in [-0.2, 0) is 14.5 Å². The number of nitrogens with zero attached hydrogens (tertiary/aromatic N) is 3. The molecule has 1 saturated heterocycles. The third kappa shape index (κ3) is 4.42. The summed E-state index contributed by atoms with van der Waals surface area (Å²) in [4.78, 5) is 10.5. The van der Waals surface area contributed by atoms with Crippen molar-refractivity contribution in [1.29, 1.82) is 0 Å². The van der Waals surface area contributed by atoms with Crippen molar-refractivity contribution in [1.82, 2.24) is 9.97 Å². The van der Waals surface area contributed by atoms with Crippen molar-refractivity contribution in [2.75, 3.05) is 31.7 Å². The van der Waals surface area contributed by atoms with Crippen molar-refractivity contribution in [3.63, 3.8) is 0 Å². The van der Waals surface area contributed by atoms with Crippen LogP contribution in [0.25, 0.3) is 10.9 Å². The monoisotopic (exact) mass is 402 g/mol. The van der Waals surface area contributed by atoms with Crippen molar-refractivity contribution in [3.8, 4) is 5.75 Å². The first-order valence-electron chi connectivity index (χ1n) is 8.29. The zero-order valence-corrected chi connectivity index (χ0v) is 15.5. The lowest BCUT2D eigenvalue weighted by Crippen LogP contribution is -2.43. The van der Waals surface area contributed by atoms with Gasteiger partial charge >= 0.3 is 10.3 Å². The number of alkyl halides is 2. The molecule has 2 heterocycles. The molecule has 0 amide bonds. The Morgan fingerprint density at radius 1 is 1.30 bits per heavy atom. The minimum absolute atomic E-state index is 0.163. The molecule has 0 saturated carbocycles. The Balaban J connectivity index is 1.74. The van der Waals surface area contributed by atoms with Crippen LogP contribution < -0.4 is 14.8 Å². The number of ether oxygens (including phenoxy) is 1. The molecule has 11 heteroatoms. The molecular formula is C16H20F2N4O4S. The fraction of sp³-hybridized carbons (Fsp3) is 0.500. The van der Waals surface area contributed by atoms with Crippen molar-refractivity contribution >= 4 is 27.0 Å². The topological polar surface area (TPSA) is 108 Å². The molecule has 1 aliphatic heterocycles. The maximum absolute atomic E-state index is 14.2. The molecule has 148 valence electrons. The van der Waals surface area contributed by atoms with E-state index in [2.05, 4.69) is 19.3 Å². The first-order valence-corrected chi connectivity index (χ1v) is 9.76. The molecule has 1 aromatic carbocycles. The normalized spacial score (nSPS) is 16.7. The van der Waals surface area contributed by atoms with E-state index in [1.54, 1.807) is 13.2 Å². The van der Waals surface area contributed by atoms with Gasteiger partial charge in [-0.05, 0) is 25.0 Å². The maximum Gasteiger partial charge on any atom is 0.333 e. The lowest BCUT2D eigenvalue weighted by Gasteiger charge is -2.36. The fourth-order valence-electron chi connectivity index (χ4n) is 3.26. The number of halogens is 2. The van der Waals surface area contributed by atoms with Gasteiger partial charge in [-0.1, -0.05) is 6.07 Å². The predicted octanol–water partition coefficient (Wildman–Crippen LogP) is 1.71. The molecule has 27 heavy (non-hydrogen) atoms. The number of piperidine rings is 1. The number of rotatable bonds is 6. The fourth-order valence-corrected chi connectivity index (χ4v) is 3.58. The standard InChI is InChI=1S/C16H20F2N4O4S/c1-25-13-4-2-3-12-14(13)20-10-21-15(12)22-7-5-11(6-8-22)16(17,18)9-26-27(19,23)24/h2-4,10-11H,5-9H2,1H3,(H2,19,23,24). The smallest absolute Gasteiger partial charge is 0.333 e. The highest BCUT2D eigenvalue weighted by Gasteiger charge is 2.42. The molecule has 3 rings (SSSR count). The van der Waals surface area contributed by atoms with Crippen LogP contribution in [0.4, 0.5) is 14.6 Å². The third-order valence-corrected chi connectivity index (χ3v) is 5.08. The van der Waals surface area contributed by atoms with Crippen LogP contribution in [-0.4, -0.2) is 51.1 Å². The molecule has 0 bridgehead atoms. The Morgan fingerprint density at radius 2 is 2.00 bits per heavy atom. The SMILES string of the molecule is COc1cccc2c(N3CCC(C(F)(F)COS(N)(=O)=O)CC3)ncnc12. The minimum atomic E-state index is -4.40. The van der Waals surface area contributed by atoms with Gasteiger partial charge in [0.05, 0.1) is 7.11 Å². The van der Waals surface area contributed by atoms with Gasteiger partial charge in [-0.3, -0.25) is 4.18 Å². The first-order chi connectivity index (χ1) is 12.7. The van der Waals surface area contributed by atoms with Crippen molar-refractivity contribution in [2.24, 2.45) is 11.1 Å². The quantitative estimate of drug-likeness (QED) is 0.784. The third-order valence-electron chi connectivity index (χ3n) is 4.63. The number of hydrogen-bond donors (Lipinski definition) is 1. The van der Waals surface area contributed by atoms with Crippen molar-refractivity contribution in [3.05, 3.63) is 24.5 Å². The second-order valence-corrected chi connectivity index (χ2v) is 7.55. The summed E-state index contributed by atoms with van der Waals surface area (Å²) in [6.07, 6.45) is 1.74. The van der Waals surface area contributed by atoms with E-state index in [9.17, 15) is 17.2 Å². The van der Waals surface area contributed by atoms with Crippen LogP contribution in [0, 0.1) is 5.92 Å². The Hall–Kier alpha value is -2.11. The van der Waals surface area contributed by atoms with Crippen molar-refractivity contribution in [2.45, 2.75) is 18.8 Å². The summed E-state index contributed by atoms with van der Waals surface area (Å²) in [6, 6.07) is 5.46. The second-order valence-electron chi connectivity index (χ2n) is 6.33. The van der Waals surface area contributed by atoms with Gasteiger partial charge in [-0.2, -0.15) is 8.42 Å². The predicted molar refractivity (Wildman–Crippen MR) is 95.0 cm³/mol. The summed E-state index contributed by atoms with van der Waals surface area (Å²) in [5.74, 6) is -3.02. The van der Waals surface area contributed by atoms with Crippen LogP contribution >= 0.6 is 0 Å².